The van der Waals surface area contributed by atoms with Crippen LogP contribution in [0.25, 0.3) is 21.5 Å². The van der Waals surface area contributed by atoms with Crippen molar-refractivity contribution in [3.05, 3.63) is 69.0 Å². The summed E-state index contributed by atoms with van der Waals surface area (Å²) >= 11 is 7.24. The van der Waals surface area contributed by atoms with Gasteiger partial charge in [0.15, 0.2) is 11.7 Å². The standard InChI is InChI=1S/C20H17ClN4O3S/c1-25(11-16-23-14-8-9-29-19(14)20(27)24-16)18(26)7-6-17-22-10-15(28-17)12-2-4-13(21)5-3-12/h2-5,8-10H,6-7,11H2,1H3,(H,23,24,27). The second-order valence-corrected chi connectivity index (χ2v) is 7.88. The molecule has 0 aliphatic rings. The molecule has 0 aliphatic carbocycles. The number of aromatic nitrogens is 3. The molecule has 0 spiro atoms. The number of nitrogens with zero attached hydrogens (tertiary/aromatic N) is 3. The molecule has 0 bridgehead atoms. The Kier molecular flexibility index (Phi) is 5.46. The van der Waals surface area contributed by atoms with Crippen LogP contribution < -0.4 is 5.56 Å². The van der Waals surface area contributed by atoms with E-state index in [1.54, 1.807) is 31.4 Å². The fraction of sp³-hybridized carbons (Fsp3) is 0.200. The highest BCUT2D eigenvalue weighted by Crippen LogP contribution is 2.23. The molecule has 0 radical (unpaired) electrons. The van der Waals surface area contributed by atoms with Crippen molar-refractivity contribution in [3.8, 4) is 11.3 Å². The van der Waals surface area contributed by atoms with E-state index in [9.17, 15) is 9.59 Å². The van der Waals surface area contributed by atoms with E-state index in [1.165, 1.54) is 16.2 Å². The summed E-state index contributed by atoms with van der Waals surface area (Å²) in [7, 11) is 1.68. The number of thiophene rings is 1. The Balaban J connectivity index is 1.36. The number of fused-ring (bicyclic) bond motifs is 1. The minimum absolute atomic E-state index is 0.0932. The molecule has 0 saturated carbocycles. The minimum atomic E-state index is -0.185. The molecule has 148 valence electrons. The molecule has 7 nitrogen and oxygen atoms in total. The number of aryl methyl sites for hydroxylation is 1. The minimum Gasteiger partial charge on any atom is -0.441 e. The van der Waals surface area contributed by atoms with E-state index in [1.807, 2.05) is 17.5 Å². The summed E-state index contributed by atoms with van der Waals surface area (Å²) in [6.45, 7) is 0.224. The molecule has 4 rings (SSSR count). The van der Waals surface area contributed by atoms with Crippen LogP contribution in [0.3, 0.4) is 0 Å². The zero-order valence-corrected chi connectivity index (χ0v) is 17.1. The molecule has 0 fully saturated rings. The van der Waals surface area contributed by atoms with Crippen molar-refractivity contribution in [1.82, 2.24) is 19.9 Å². The van der Waals surface area contributed by atoms with E-state index >= 15 is 0 Å². The lowest BCUT2D eigenvalue weighted by Gasteiger charge is -2.16. The van der Waals surface area contributed by atoms with Gasteiger partial charge in [0.2, 0.25) is 5.91 Å². The molecule has 0 atom stereocenters. The van der Waals surface area contributed by atoms with Crippen molar-refractivity contribution in [2.45, 2.75) is 19.4 Å². The van der Waals surface area contributed by atoms with E-state index in [4.69, 9.17) is 16.0 Å². The smallest absolute Gasteiger partial charge is 0.268 e. The summed E-state index contributed by atoms with van der Waals surface area (Å²) < 4.78 is 6.32. The molecule has 3 aromatic heterocycles. The number of nitrogens with one attached hydrogen (secondary N) is 1. The highest BCUT2D eigenvalue weighted by atomic mass is 35.5. The van der Waals surface area contributed by atoms with Gasteiger partial charge in [-0.2, -0.15) is 0 Å². The fourth-order valence-corrected chi connectivity index (χ4v) is 3.74. The predicted octanol–water partition coefficient (Wildman–Crippen LogP) is 3.88. The van der Waals surface area contributed by atoms with Gasteiger partial charge in [0.05, 0.1) is 18.3 Å². The number of hydrogen-bond donors (Lipinski definition) is 1. The van der Waals surface area contributed by atoms with E-state index in [-0.39, 0.29) is 24.4 Å². The number of benzene rings is 1. The first-order chi connectivity index (χ1) is 14.0. The fourth-order valence-electron chi connectivity index (χ4n) is 2.89. The highest BCUT2D eigenvalue weighted by molar-refractivity contribution is 7.17. The molecule has 9 heteroatoms. The van der Waals surface area contributed by atoms with E-state index in [0.717, 1.165) is 5.56 Å². The molecular formula is C20H17ClN4O3S. The maximum Gasteiger partial charge on any atom is 0.268 e. The molecule has 3 heterocycles. The molecule has 0 unspecified atom stereocenters. The lowest BCUT2D eigenvalue weighted by Crippen LogP contribution is -2.28. The van der Waals surface area contributed by atoms with Crippen LogP contribution in [-0.2, 0) is 17.8 Å². The Bertz CT molecular complexity index is 1210. The molecule has 29 heavy (non-hydrogen) atoms. The molecular weight excluding hydrogens is 412 g/mol. The largest absolute Gasteiger partial charge is 0.441 e. The Morgan fingerprint density at radius 1 is 1.28 bits per heavy atom. The van der Waals surface area contributed by atoms with Crippen LogP contribution in [0.1, 0.15) is 18.1 Å². The van der Waals surface area contributed by atoms with Gasteiger partial charge < -0.3 is 14.3 Å². The number of hydrogen-bond acceptors (Lipinski definition) is 6. The van der Waals surface area contributed by atoms with Gasteiger partial charge in [-0.1, -0.05) is 11.6 Å². The van der Waals surface area contributed by atoms with Crippen LogP contribution in [-0.4, -0.2) is 32.8 Å². The van der Waals surface area contributed by atoms with Gasteiger partial charge in [0, 0.05) is 30.5 Å². The van der Waals surface area contributed by atoms with Crippen LogP contribution in [0, 0.1) is 0 Å². The zero-order chi connectivity index (χ0) is 20.4. The molecule has 1 amide bonds. The Morgan fingerprint density at radius 3 is 2.86 bits per heavy atom. The zero-order valence-electron chi connectivity index (χ0n) is 15.5. The van der Waals surface area contributed by atoms with Crippen LogP contribution >= 0.6 is 22.9 Å². The third-order valence-corrected chi connectivity index (χ3v) is 5.57. The third-order valence-electron chi connectivity index (χ3n) is 4.41. The summed E-state index contributed by atoms with van der Waals surface area (Å²) in [5, 5.41) is 2.47. The topological polar surface area (TPSA) is 92.1 Å². The quantitative estimate of drug-likeness (QED) is 0.503. The summed E-state index contributed by atoms with van der Waals surface area (Å²) in [5.74, 6) is 1.48. The number of oxazole rings is 1. The maximum absolute atomic E-state index is 12.5. The summed E-state index contributed by atoms with van der Waals surface area (Å²) in [5.41, 5.74) is 1.33. The third kappa shape index (κ3) is 4.38. The van der Waals surface area contributed by atoms with Gasteiger partial charge in [-0.25, -0.2) is 9.97 Å². The molecule has 0 aliphatic heterocycles. The average Bonchev–Trinajstić information content (AvgIpc) is 3.36. The van der Waals surface area contributed by atoms with Crippen LogP contribution in [0.5, 0.6) is 0 Å². The van der Waals surface area contributed by atoms with Gasteiger partial charge in [-0.3, -0.25) is 9.59 Å². The van der Waals surface area contributed by atoms with Crippen molar-refractivity contribution >= 4 is 39.1 Å². The van der Waals surface area contributed by atoms with E-state index < -0.39 is 0 Å². The summed E-state index contributed by atoms with van der Waals surface area (Å²) in [6.07, 6.45) is 2.25. The van der Waals surface area contributed by atoms with Crippen molar-refractivity contribution < 1.29 is 9.21 Å². The maximum atomic E-state index is 12.5. The van der Waals surface area contributed by atoms with Crippen LogP contribution in [0.4, 0.5) is 0 Å². The number of carbonyl (C=O) groups excluding carboxylic acids is 1. The first-order valence-corrected chi connectivity index (χ1v) is 10.2. The van der Waals surface area contributed by atoms with Crippen molar-refractivity contribution in [2.75, 3.05) is 7.05 Å². The molecule has 1 aromatic carbocycles. The predicted molar refractivity (Wildman–Crippen MR) is 112 cm³/mol. The van der Waals surface area contributed by atoms with Crippen molar-refractivity contribution in [2.24, 2.45) is 0 Å². The Morgan fingerprint density at radius 2 is 2.07 bits per heavy atom. The molecule has 1 N–H and O–H groups in total. The molecule has 0 saturated heterocycles. The Labute approximate surface area is 175 Å². The summed E-state index contributed by atoms with van der Waals surface area (Å²) in [4.78, 5) is 37.4. The number of carbonyl (C=O) groups is 1. The number of rotatable bonds is 6. The van der Waals surface area contributed by atoms with Crippen molar-refractivity contribution in [1.29, 1.82) is 0 Å². The van der Waals surface area contributed by atoms with Gasteiger partial charge in [-0.15, -0.1) is 11.3 Å². The summed E-state index contributed by atoms with van der Waals surface area (Å²) in [6, 6.07) is 9.06. The van der Waals surface area contributed by atoms with Crippen molar-refractivity contribution in [3.63, 3.8) is 0 Å². The normalized spacial score (nSPS) is 11.1. The van der Waals surface area contributed by atoms with E-state index in [2.05, 4.69) is 15.0 Å². The van der Waals surface area contributed by atoms with Crippen LogP contribution in [0.2, 0.25) is 5.02 Å². The molecule has 4 aromatic rings. The number of amides is 1. The van der Waals surface area contributed by atoms with Gasteiger partial charge in [0.25, 0.3) is 5.56 Å². The highest BCUT2D eigenvalue weighted by Gasteiger charge is 2.14. The lowest BCUT2D eigenvalue weighted by atomic mass is 10.2. The second kappa shape index (κ2) is 8.18. The Hall–Kier alpha value is -2.97. The number of H-pyrrole nitrogens is 1. The SMILES string of the molecule is CN(Cc1nc2ccsc2c(=O)[nH]1)C(=O)CCc1ncc(-c2ccc(Cl)cc2)o1. The van der Waals surface area contributed by atoms with E-state index in [0.29, 0.717) is 39.1 Å². The first-order valence-electron chi connectivity index (χ1n) is 8.90. The first kappa shape index (κ1) is 19.4. The van der Waals surface area contributed by atoms with Gasteiger partial charge in [0.1, 0.15) is 10.5 Å². The number of halogens is 1. The second-order valence-electron chi connectivity index (χ2n) is 6.52. The van der Waals surface area contributed by atoms with Crippen LogP contribution in [0.15, 0.2) is 51.1 Å². The van der Waals surface area contributed by atoms with Gasteiger partial charge >= 0.3 is 0 Å². The van der Waals surface area contributed by atoms with Gasteiger partial charge in [-0.05, 0) is 35.7 Å². The average molecular weight is 429 g/mol. The lowest BCUT2D eigenvalue weighted by molar-refractivity contribution is -0.130. The monoisotopic (exact) mass is 428 g/mol. The number of aromatic amines is 1.